The number of carbonyl (C=O) groups excluding carboxylic acids is 1. The van der Waals surface area contributed by atoms with E-state index in [2.05, 4.69) is 25.6 Å². The van der Waals surface area contributed by atoms with Crippen LogP contribution in [0.25, 0.3) is 10.9 Å². The van der Waals surface area contributed by atoms with Crippen molar-refractivity contribution in [3.8, 4) is 0 Å². The lowest BCUT2D eigenvalue weighted by Gasteiger charge is -2.37. The summed E-state index contributed by atoms with van der Waals surface area (Å²) in [7, 11) is 1.58. The van der Waals surface area contributed by atoms with Crippen LogP contribution in [0.5, 0.6) is 0 Å². The number of amides is 1. The average Bonchev–Trinajstić information content (AvgIpc) is 2.89. The normalized spacial score (nSPS) is 16.7. The van der Waals surface area contributed by atoms with Gasteiger partial charge in [-0.1, -0.05) is 11.6 Å². The molecule has 1 unspecified atom stereocenters. The summed E-state index contributed by atoms with van der Waals surface area (Å²) in [6.07, 6.45) is -3.55. The van der Waals surface area contributed by atoms with E-state index >= 15 is 0 Å². The number of hydrogen-bond donors (Lipinski definition) is 2. The van der Waals surface area contributed by atoms with Crippen molar-refractivity contribution in [2.45, 2.75) is 31.0 Å². The highest BCUT2D eigenvalue weighted by Crippen LogP contribution is 2.33. The van der Waals surface area contributed by atoms with Crippen molar-refractivity contribution in [1.82, 2.24) is 25.2 Å². The van der Waals surface area contributed by atoms with Crippen LogP contribution in [-0.4, -0.2) is 71.6 Å². The van der Waals surface area contributed by atoms with Gasteiger partial charge in [-0.3, -0.25) is 9.69 Å². The second-order valence-electron chi connectivity index (χ2n) is 9.06. The summed E-state index contributed by atoms with van der Waals surface area (Å²) in [5.74, 6) is -4.11. The lowest BCUT2D eigenvalue weighted by Crippen LogP contribution is -2.45. The number of rotatable bonds is 9. The molecule has 0 bridgehead atoms. The molecule has 1 aliphatic heterocycles. The summed E-state index contributed by atoms with van der Waals surface area (Å²) >= 11 is 6.37. The Morgan fingerprint density at radius 2 is 1.85 bits per heavy atom. The Balaban J connectivity index is 1.56. The van der Waals surface area contributed by atoms with Crippen LogP contribution in [0.1, 0.15) is 40.6 Å². The summed E-state index contributed by atoms with van der Waals surface area (Å²) in [4.78, 5) is 26.3. The van der Waals surface area contributed by atoms with Gasteiger partial charge in [0, 0.05) is 69.5 Å². The SMILES string of the molecule is COCCNc1ccc2c(C(=O)NCC(c3cnc(C(F)(F)F)nc3)N3CCC(F)(F)CC3)c(Cl)ccc2n1. The first-order valence-corrected chi connectivity index (χ1v) is 12.5. The van der Waals surface area contributed by atoms with Crippen LogP contribution in [0, 0.1) is 0 Å². The number of methoxy groups -OCH3 is 1. The molecule has 1 aliphatic rings. The first kappa shape index (κ1) is 28.8. The number of nitrogens with zero attached hydrogens (tertiary/aromatic N) is 4. The van der Waals surface area contributed by atoms with Crippen LogP contribution in [0.3, 0.4) is 0 Å². The minimum atomic E-state index is -4.73. The zero-order valence-corrected chi connectivity index (χ0v) is 21.6. The second-order valence-corrected chi connectivity index (χ2v) is 9.47. The van der Waals surface area contributed by atoms with Crippen molar-refractivity contribution >= 4 is 34.2 Å². The molecule has 0 saturated carbocycles. The molecule has 3 heterocycles. The van der Waals surface area contributed by atoms with Gasteiger partial charge in [0.1, 0.15) is 5.82 Å². The highest BCUT2D eigenvalue weighted by Gasteiger charge is 2.38. The van der Waals surface area contributed by atoms with Gasteiger partial charge in [0.25, 0.3) is 11.8 Å². The maximum absolute atomic E-state index is 13.8. The molecule has 0 aliphatic carbocycles. The lowest BCUT2D eigenvalue weighted by atomic mass is 10.0. The molecular formula is C25H26ClF5N6O2. The summed E-state index contributed by atoms with van der Waals surface area (Å²) in [5, 5.41) is 6.53. The van der Waals surface area contributed by atoms with Gasteiger partial charge in [0.05, 0.1) is 28.8 Å². The summed E-state index contributed by atoms with van der Waals surface area (Å²) in [5.41, 5.74) is 0.932. The Hall–Kier alpha value is -3.16. The van der Waals surface area contributed by atoms with Gasteiger partial charge in [-0.05, 0) is 24.3 Å². The average molecular weight is 573 g/mol. The number of alkyl halides is 5. The third kappa shape index (κ3) is 7.08. The van der Waals surface area contributed by atoms with Crippen molar-refractivity contribution in [2.75, 3.05) is 45.2 Å². The molecule has 14 heteroatoms. The Kier molecular flexibility index (Phi) is 8.82. The van der Waals surface area contributed by atoms with Gasteiger partial charge in [0.2, 0.25) is 5.82 Å². The first-order chi connectivity index (χ1) is 18.5. The minimum absolute atomic E-state index is 0.0215. The van der Waals surface area contributed by atoms with Crippen LogP contribution >= 0.6 is 11.6 Å². The molecule has 4 rings (SSSR count). The Labute approximate surface area is 225 Å². The van der Waals surface area contributed by atoms with Crippen LogP contribution in [0.4, 0.5) is 27.8 Å². The maximum atomic E-state index is 13.8. The number of likely N-dealkylation sites (tertiary alicyclic amines) is 1. The highest BCUT2D eigenvalue weighted by atomic mass is 35.5. The van der Waals surface area contributed by atoms with E-state index in [1.54, 1.807) is 36.3 Å². The van der Waals surface area contributed by atoms with Crippen LogP contribution in [0.2, 0.25) is 5.02 Å². The molecule has 39 heavy (non-hydrogen) atoms. The standard InChI is InChI=1S/C25H26ClF5N6O2/c1-39-11-8-32-20-5-2-16-18(36-20)4-3-17(26)21(16)22(38)33-14-19(37-9-6-24(27,28)7-10-37)15-12-34-23(35-13-15)25(29,30)31/h2-5,12-13,19H,6-11,14H2,1H3,(H,32,36)(H,33,38). The molecule has 3 aromatic rings. The number of carbonyl (C=O) groups is 1. The van der Waals surface area contributed by atoms with Crippen molar-refractivity contribution < 1.29 is 31.5 Å². The number of benzene rings is 1. The summed E-state index contributed by atoms with van der Waals surface area (Å²) in [6, 6.07) is 5.87. The van der Waals surface area contributed by atoms with Crippen molar-refractivity contribution in [3.05, 3.63) is 58.6 Å². The maximum Gasteiger partial charge on any atom is 0.451 e. The molecule has 1 aromatic carbocycles. The highest BCUT2D eigenvalue weighted by molar-refractivity contribution is 6.35. The smallest absolute Gasteiger partial charge is 0.383 e. The van der Waals surface area contributed by atoms with Gasteiger partial charge < -0.3 is 15.4 Å². The van der Waals surface area contributed by atoms with E-state index in [4.69, 9.17) is 16.3 Å². The van der Waals surface area contributed by atoms with E-state index in [-0.39, 0.29) is 35.8 Å². The largest absolute Gasteiger partial charge is 0.451 e. The summed E-state index contributed by atoms with van der Waals surface area (Å²) < 4.78 is 71.5. The quantitative estimate of drug-likeness (QED) is 0.277. The predicted molar refractivity (Wildman–Crippen MR) is 135 cm³/mol. The molecular weight excluding hydrogens is 547 g/mol. The molecule has 1 amide bonds. The minimum Gasteiger partial charge on any atom is -0.383 e. The summed E-state index contributed by atoms with van der Waals surface area (Å²) in [6.45, 7) is 0.871. The molecule has 1 saturated heterocycles. The zero-order valence-electron chi connectivity index (χ0n) is 20.9. The second kappa shape index (κ2) is 11.9. The number of anilines is 1. The van der Waals surface area contributed by atoms with Crippen molar-refractivity contribution in [3.63, 3.8) is 0 Å². The van der Waals surface area contributed by atoms with Crippen molar-refractivity contribution in [2.24, 2.45) is 0 Å². The zero-order chi connectivity index (χ0) is 28.2. The first-order valence-electron chi connectivity index (χ1n) is 12.1. The number of piperidine rings is 1. The number of aromatic nitrogens is 3. The fourth-order valence-corrected chi connectivity index (χ4v) is 4.59. The third-order valence-corrected chi connectivity index (χ3v) is 6.71. The Morgan fingerprint density at radius 3 is 2.49 bits per heavy atom. The molecule has 1 fully saturated rings. The number of fused-ring (bicyclic) bond motifs is 1. The van der Waals surface area contributed by atoms with E-state index in [1.807, 2.05) is 0 Å². The molecule has 2 N–H and O–H groups in total. The van der Waals surface area contributed by atoms with Gasteiger partial charge >= 0.3 is 6.18 Å². The lowest BCUT2D eigenvalue weighted by molar-refractivity contribution is -0.145. The Bertz CT molecular complexity index is 1300. The molecule has 0 spiro atoms. The van der Waals surface area contributed by atoms with Crippen molar-refractivity contribution in [1.29, 1.82) is 0 Å². The van der Waals surface area contributed by atoms with Crippen LogP contribution in [0.15, 0.2) is 36.7 Å². The number of pyridine rings is 1. The molecule has 8 nitrogen and oxygen atoms in total. The van der Waals surface area contributed by atoms with Crippen LogP contribution in [-0.2, 0) is 10.9 Å². The van der Waals surface area contributed by atoms with E-state index in [0.29, 0.717) is 29.9 Å². The van der Waals surface area contributed by atoms with E-state index in [1.165, 1.54) is 0 Å². The molecule has 1 atom stereocenters. The monoisotopic (exact) mass is 572 g/mol. The fraction of sp³-hybridized carbons (Fsp3) is 0.440. The van der Waals surface area contributed by atoms with Gasteiger partial charge in [-0.15, -0.1) is 0 Å². The van der Waals surface area contributed by atoms with E-state index in [0.717, 1.165) is 12.4 Å². The van der Waals surface area contributed by atoms with E-state index in [9.17, 15) is 26.7 Å². The number of nitrogens with one attached hydrogen (secondary N) is 2. The number of halogens is 6. The van der Waals surface area contributed by atoms with E-state index < -0.39 is 42.7 Å². The molecule has 0 radical (unpaired) electrons. The number of ether oxygens (including phenoxy) is 1. The van der Waals surface area contributed by atoms with Crippen LogP contribution < -0.4 is 10.6 Å². The fourth-order valence-electron chi connectivity index (χ4n) is 4.34. The topological polar surface area (TPSA) is 92.3 Å². The van der Waals surface area contributed by atoms with Gasteiger partial charge in [-0.25, -0.2) is 23.7 Å². The number of hydrogen-bond acceptors (Lipinski definition) is 7. The van der Waals surface area contributed by atoms with Gasteiger partial charge in [-0.2, -0.15) is 13.2 Å². The Morgan fingerprint density at radius 1 is 1.15 bits per heavy atom. The molecule has 2 aromatic heterocycles. The molecule has 210 valence electrons. The van der Waals surface area contributed by atoms with Gasteiger partial charge in [0.15, 0.2) is 0 Å². The third-order valence-electron chi connectivity index (χ3n) is 6.40. The predicted octanol–water partition coefficient (Wildman–Crippen LogP) is 4.96.